The van der Waals surface area contributed by atoms with Crippen LogP contribution in [0.3, 0.4) is 0 Å². The normalized spacial score (nSPS) is 13.6. The summed E-state index contributed by atoms with van der Waals surface area (Å²) in [6, 6.07) is 7.25. The van der Waals surface area contributed by atoms with Gasteiger partial charge in [0.05, 0.1) is 20.6 Å². The van der Waals surface area contributed by atoms with E-state index in [1.807, 2.05) is 30.3 Å². The summed E-state index contributed by atoms with van der Waals surface area (Å²) in [4.78, 5) is 47.8. The highest BCUT2D eigenvalue weighted by Gasteiger charge is 2.32. The molecule has 148 valence electrons. The summed E-state index contributed by atoms with van der Waals surface area (Å²) >= 11 is 0. The lowest BCUT2D eigenvalue weighted by Gasteiger charge is -2.25. The minimum absolute atomic E-state index is 0.0694. The fraction of sp³-hybridized carbons (Fsp3) is 0.474. The van der Waals surface area contributed by atoms with Crippen molar-refractivity contribution < 1.29 is 28.7 Å². The van der Waals surface area contributed by atoms with Crippen LogP contribution in [0.25, 0.3) is 0 Å². The molecule has 1 aromatic rings. The number of esters is 2. The van der Waals surface area contributed by atoms with Gasteiger partial charge in [0, 0.05) is 13.3 Å². The molecule has 0 radical (unpaired) electrons. The van der Waals surface area contributed by atoms with Crippen LogP contribution in [0.5, 0.6) is 0 Å². The second kappa shape index (κ2) is 10.9. The number of hydrogen-bond donors (Lipinski definition) is 2. The Kier molecular flexibility index (Phi) is 8.98. The zero-order valence-corrected chi connectivity index (χ0v) is 16.0. The lowest BCUT2D eigenvalue weighted by molar-refractivity contribution is -0.148. The Morgan fingerprint density at radius 3 is 2.15 bits per heavy atom. The van der Waals surface area contributed by atoms with Crippen LogP contribution < -0.4 is 10.6 Å². The number of hydrogen-bond acceptors (Lipinski definition) is 6. The van der Waals surface area contributed by atoms with E-state index in [0.717, 1.165) is 5.56 Å². The fourth-order valence-electron chi connectivity index (χ4n) is 2.58. The highest BCUT2D eigenvalue weighted by Crippen LogP contribution is 2.12. The predicted octanol–water partition coefficient (Wildman–Crippen LogP) is 0.591. The molecule has 0 bridgehead atoms. The first-order valence-electron chi connectivity index (χ1n) is 8.54. The van der Waals surface area contributed by atoms with Crippen LogP contribution in [0.2, 0.25) is 0 Å². The topological polar surface area (TPSA) is 111 Å². The highest BCUT2D eigenvalue weighted by molar-refractivity contribution is 5.90. The van der Waals surface area contributed by atoms with E-state index in [4.69, 9.17) is 4.74 Å². The summed E-state index contributed by atoms with van der Waals surface area (Å²) in [7, 11) is 2.44. The van der Waals surface area contributed by atoms with Crippen molar-refractivity contribution in [3.05, 3.63) is 35.9 Å². The zero-order chi connectivity index (χ0) is 20.4. The Morgan fingerprint density at radius 1 is 1.00 bits per heavy atom. The van der Waals surface area contributed by atoms with Crippen LogP contribution in [-0.2, 0) is 35.1 Å². The van der Waals surface area contributed by atoms with Gasteiger partial charge in [0.1, 0.15) is 12.1 Å². The lowest BCUT2D eigenvalue weighted by atomic mass is 9.97. The number of carbonyl (C=O) groups is 4. The summed E-state index contributed by atoms with van der Waals surface area (Å²) in [5.41, 5.74) is 0.851. The average Bonchev–Trinajstić information content (AvgIpc) is 2.64. The average molecular weight is 378 g/mol. The van der Waals surface area contributed by atoms with Crippen LogP contribution >= 0.6 is 0 Å². The standard InChI is InChI=1S/C19H26N2O6/c1-12(10-16(23)26-3)17(19(25)27-4)21-18(24)15(20-13(2)22)11-14-8-6-5-7-9-14/h5-9,12,15,17H,10-11H2,1-4H3,(H,20,22)(H,21,24)/t12-,15-,17+/m0/s1. The molecule has 0 saturated heterocycles. The second-order valence-corrected chi connectivity index (χ2v) is 6.21. The molecule has 2 N–H and O–H groups in total. The molecule has 8 nitrogen and oxygen atoms in total. The first-order chi connectivity index (χ1) is 12.8. The van der Waals surface area contributed by atoms with Crippen LogP contribution in [0, 0.1) is 5.92 Å². The van der Waals surface area contributed by atoms with Crippen molar-refractivity contribution in [2.24, 2.45) is 5.92 Å². The number of methoxy groups -OCH3 is 2. The maximum absolute atomic E-state index is 12.7. The Balaban J connectivity index is 2.94. The summed E-state index contributed by atoms with van der Waals surface area (Å²) in [5.74, 6) is -2.65. The van der Waals surface area contributed by atoms with Gasteiger partial charge >= 0.3 is 11.9 Å². The van der Waals surface area contributed by atoms with E-state index < -0.39 is 35.8 Å². The van der Waals surface area contributed by atoms with E-state index in [1.54, 1.807) is 6.92 Å². The second-order valence-electron chi connectivity index (χ2n) is 6.21. The molecule has 0 aromatic heterocycles. The fourth-order valence-corrected chi connectivity index (χ4v) is 2.58. The molecule has 27 heavy (non-hydrogen) atoms. The van der Waals surface area contributed by atoms with E-state index in [2.05, 4.69) is 15.4 Å². The number of nitrogens with one attached hydrogen (secondary N) is 2. The Labute approximate surface area is 158 Å². The molecule has 0 spiro atoms. The minimum atomic E-state index is -1.05. The number of rotatable bonds is 9. The maximum Gasteiger partial charge on any atom is 0.328 e. The minimum Gasteiger partial charge on any atom is -0.469 e. The van der Waals surface area contributed by atoms with E-state index in [-0.39, 0.29) is 18.7 Å². The zero-order valence-electron chi connectivity index (χ0n) is 16.0. The molecule has 8 heteroatoms. The Morgan fingerprint density at radius 2 is 1.63 bits per heavy atom. The molecular formula is C19H26N2O6. The molecule has 2 amide bonds. The predicted molar refractivity (Wildman–Crippen MR) is 97.5 cm³/mol. The van der Waals surface area contributed by atoms with Crippen LogP contribution in [0.15, 0.2) is 30.3 Å². The van der Waals surface area contributed by atoms with E-state index >= 15 is 0 Å². The van der Waals surface area contributed by atoms with Crippen molar-refractivity contribution in [1.29, 1.82) is 0 Å². The summed E-state index contributed by atoms with van der Waals surface area (Å²) in [5, 5.41) is 5.17. The summed E-state index contributed by atoms with van der Waals surface area (Å²) < 4.78 is 9.34. The molecule has 0 aliphatic heterocycles. The van der Waals surface area contributed by atoms with E-state index in [1.165, 1.54) is 21.1 Å². The Hall–Kier alpha value is -2.90. The number of ether oxygens (including phenoxy) is 2. The van der Waals surface area contributed by atoms with Crippen molar-refractivity contribution in [3.8, 4) is 0 Å². The molecule has 0 fully saturated rings. The Bertz CT molecular complexity index is 661. The first kappa shape index (κ1) is 22.1. The van der Waals surface area contributed by atoms with Crippen LogP contribution in [0.4, 0.5) is 0 Å². The molecule has 0 heterocycles. The van der Waals surface area contributed by atoms with Gasteiger partial charge in [0.15, 0.2) is 0 Å². The van der Waals surface area contributed by atoms with Crippen molar-refractivity contribution >= 4 is 23.8 Å². The van der Waals surface area contributed by atoms with Gasteiger partial charge in [-0.3, -0.25) is 14.4 Å². The maximum atomic E-state index is 12.7. The van der Waals surface area contributed by atoms with Gasteiger partial charge in [-0.1, -0.05) is 37.3 Å². The number of carbonyl (C=O) groups excluding carboxylic acids is 4. The van der Waals surface area contributed by atoms with E-state index in [9.17, 15) is 19.2 Å². The summed E-state index contributed by atoms with van der Waals surface area (Å²) in [6.45, 7) is 2.94. The van der Waals surface area contributed by atoms with Crippen LogP contribution in [0.1, 0.15) is 25.8 Å². The van der Waals surface area contributed by atoms with Crippen molar-refractivity contribution in [2.45, 2.75) is 38.8 Å². The van der Waals surface area contributed by atoms with Crippen molar-refractivity contribution in [3.63, 3.8) is 0 Å². The number of benzene rings is 1. The monoisotopic (exact) mass is 378 g/mol. The SMILES string of the molecule is COC(=O)C[C@H](C)[C@@H](NC(=O)[C@H](Cc1ccccc1)NC(C)=O)C(=O)OC. The molecule has 1 rings (SSSR count). The summed E-state index contributed by atoms with van der Waals surface area (Å²) in [6.07, 6.45) is 0.186. The molecule has 3 atom stereocenters. The van der Waals surface area contributed by atoms with Gasteiger partial charge in [-0.05, 0) is 11.5 Å². The molecule has 1 aromatic carbocycles. The first-order valence-corrected chi connectivity index (χ1v) is 8.54. The third-order valence-electron chi connectivity index (χ3n) is 4.01. The van der Waals surface area contributed by atoms with Gasteiger partial charge in [-0.15, -0.1) is 0 Å². The van der Waals surface area contributed by atoms with Crippen molar-refractivity contribution in [2.75, 3.05) is 14.2 Å². The molecular weight excluding hydrogens is 352 g/mol. The van der Waals surface area contributed by atoms with Gasteiger partial charge in [-0.2, -0.15) is 0 Å². The van der Waals surface area contributed by atoms with Crippen LogP contribution in [-0.4, -0.2) is 50.1 Å². The molecule has 0 aliphatic rings. The molecule has 0 aliphatic carbocycles. The molecule has 0 unspecified atom stereocenters. The van der Waals surface area contributed by atoms with E-state index in [0.29, 0.717) is 0 Å². The largest absolute Gasteiger partial charge is 0.469 e. The number of amides is 2. The third-order valence-corrected chi connectivity index (χ3v) is 4.01. The smallest absolute Gasteiger partial charge is 0.328 e. The van der Waals surface area contributed by atoms with Gasteiger partial charge < -0.3 is 20.1 Å². The third kappa shape index (κ3) is 7.47. The van der Waals surface area contributed by atoms with Gasteiger partial charge in [0.2, 0.25) is 11.8 Å². The highest BCUT2D eigenvalue weighted by atomic mass is 16.5. The quantitative estimate of drug-likeness (QED) is 0.609. The molecule has 0 saturated carbocycles. The van der Waals surface area contributed by atoms with Gasteiger partial charge in [0.25, 0.3) is 0 Å². The lowest BCUT2D eigenvalue weighted by Crippen LogP contribution is -2.54. The van der Waals surface area contributed by atoms with Crippen molar-refractivity contribution in [1.82, 2.24) is 10.6 Å². The van der Waals surface area contributed by atoms with Gasteiger partial charge in [-0.25, -0.2) is 4.79 Å².